The van der Waals surface area contributed by atoms with Crippen molar-refractivity contribution in [3.63, 3.8) is 0 Å². The van der Waals surface area contributed by atoms with E-state index in [2.05, 4.69) is 31.5 Å². The SMILES string of the molecule is [c]1ncc2ncnnc2n1. The van der Waals surface area contributed by atoms with E-state index in [9.17, 15) is 0 Å². The summed E-state index contributed by atoms with van der Waals surface area (Å²) in [7, 11) is 0. The van der Waals surface area contributed by atoms with Gasteiger partial charge in [0.1, 0.15) is 11.8 Å². The van der Waals surface area contributed by atoms with Crippen LogP contribution in [0.3, 0.4) is 0 Å². The van der Waals surface area contributed by atoms with Crippen LogP contribution in [0.1, 0.15) is 0 Å². The predicted molar refractivity (Wildman–Crippen MR) is 31.8 cm³/mol. The Morgan fingerprint density at radius 2 is 2.40 bits per heavy atom. The number of aromatic nitrogens is 5. The maximum Gasteiger partial charge on any atom is 0.204 e. The first-order valence-electron chi connectivity index (χ1n) is 2.63. The van der Waals surface area contributed by atoms with Gasteiger partial charge in [-0.25, -0.2) is 15.0 Å². The Bertz CT molecular complexity index is 281. The van der Waals surface area contributed by atoms with Gasteiger partial charge in [0.25, 0.3) is 0 Å². The molecule has 0 unspecified atom stereocenters. The molecular formula is C5H2N5. The quantitative estimate of drug-likeness (QED) is 0.488. The van der Waals surface area contributed by atoms with E-state index in [0.717, 1.165) is 0 Å². The van der Waals surface area contributed by atoms with Crippen molar-refractivity contribution in [2.24, 2.45) is 0 Å². The summed E-state index contributed by atoms with van der Waals surface area (Å²) in [5.74, 6) is 0. The maximum atomic E-state index is 3.86. The molecule has 5 nitrogen and oxygen atoms in total. The second kappa shape index (κ2) is 1.94. The molecule has 0 spiro atoms. The van der Waals surface area contributed by atoms with Crippen molar-refractivity contribution < 1.29 is 0 Å². The van der Waals surface area contributed by atoms with Crippen molar-refractivity contribution in [3.8, 4) is 0 Å². The normalized spacial score (nSPS) is 10.0. The van der Waals surface area contributed by atoms with Crippen LogP contribution in [-0.2, 0) is 0 Å². The Morgan fingerprint density at radius 1 is 1.40 bits per heavy atom. The molecule has 0 aliphatic rings. The monoisotopic (exact) mass is 132 g/mol. The van der Waals surface area contributed by atoms with Crippen LogP contribution in [0.2, 0.25) is 0 Å². The Labute approximate surface area is 56.2 Å². The highest BCUT2D eigenvalue weighted by Gasteiger charge is 1.92. The molecule has 1 radical (unpaired) electrons. The van der Waals surface area contributed by atoms with E-state index in [1.165, 1.54) is 12.5 Å². The second-order valence-corrected chi connectivity index (χ2v) is 1.64. The minimum Gasteiger partial charge on any atom is -0.231 e. The fraction of sp³-hybridized carbons (Fsp3) is 0. The van der Waals surface area contributed by atoms with Crippen molar-refractivity contribution in [1.29, 1.82) is 0 Å². The first kappa shape index (κ1) is 5.16. The van der Waals surface area contributed by atoms with Crippen LogP contribution in [0.25, 0.3) is 11.2 Å². The largest absolute Gasteiger partial charge is 0.231 e. The molecular weight excluding hydrogens is 130 g/mol. The molecule has 0 bridgehead atoms. The minimum atomic E-state index is 0.470. The van der Waals surface area contributed by atoms with Gasteiger partial charge in [0.15, 0.2) is 6.33 Å². The Balaban J connectivity index is 2.89. The highest BCUT2D eigenvalue weighted by molar-refractivity contribution is 5.65. The summed E-state index contributed by atoms with van der Waals surface area (Å²) in [6, 6.07) is 0. The summed E-state index contributed by atoms with van der Waals surface area (Å²) >= 11 is 0. The van der Waals surface area contributed by atoms with Gasteiger partial charge in [-0.1, -0.05) is 0 Å². The third-order valence-corrected chi connectivity index (χ3v) is 1.03. The highest BCUT2D eigenvalue weighted by atomic mass is 15.2. The van der Waals surface area contributed by atoms with Crippen LogP contribution in [-0.4, -0.2) is 25.1 Å². The molecule has 0 amide bonds. The number of fused-ring (bicyclic) bond motifs is 1. The Morgan fingerprint density at radius 3 is 3.30 bits per heavy atom. The number of hydrogen-bond donors (Lipinski definition) is 0. The molecule has 2 aromatic rings. The lowest BCUT2D eigenvalue weighted by molar-refractivity contribution is 0.986. The van der Waals surface area contributed by atoms with Gasteiger partial charge in [-0.3, -0.25) is 0 Å². The molecule has 5 heteroatoms. The molecule has 0 aromatic carbocycles. The van der Waals surface area contributed by atoms with Crippen molar-refractivity contribution in [1.82, 2.24) is 25.1 Å². The standard InChI is InChI=1S/C5H2N5/c1-4-5(8-2-6-1)10-9-3-7-4/h1,3H. The lowest BCUT2D eigenvalue weighted by atomic mass is 10.5. The third-order valence-electron chi connectivity index (χ3n) is 1.03. The maximum absolute atomic E-state index is 3.86. The molecule has 0 aliphatic heterocycles. The lowest BCUT2D eigenvalue weighted by Gasteiger charge is -1.87. The Kier molecular flexibility index (Phi) is 1.00. The summed E-state index contributed by atoms with van der Waals surface area (Å²) in [5.41, 5.74) is 1.10. The lowest BCUT2D eigenvalue weighted by Crippen LogP contribution is -1.89. The smallest absolute Gasteiger partial charge is 0.204 e. The fourth-order valence-corrected chi connectivity index (χ4v) is 0.614. The molecule has 0 saturated carbocycles. The zero-order chi connectivity index (χ0) is 6.81. The van der Waals surface area contributed by atoms with Gasteiger partial charge < -0.3 is 0 Å². The molecule has 2 rings (SSSR count). The predicted octanol–water partition coefficient (Wildman–Crippen LogP) is -0.385. The molecule has 0 atom stereocenters. The van der Waals surface area contributed by atoms with Crippen LogP contribution in [0, 0.1) is 6.33 Å². The van der Waals surface area contributed by atoms with E-state index in [-0.39, 0.29) is 0 Å². The molecule has 10 heavy (non-hydrogen) atoms. The van der Waals surface area contributed by atoms with Gasteiger partial charge in [0, 0.05) is 0 Å². The summed E-state index contributed by atoms with van der Waals surface area (Å²) in [4.78, 5) is 11.2. The van der Waals surface area contributed by atoms with Crippen LogP contribution in [0.5, 0.6) is 0 Å². The van der Waals surface area contributed by atoms with Gasteiger partial charge in [0.05, 0.1) is 6.20 Å². The molecule has 0 fully saturated rings. The first-order chi connectivity index (χ1) is 4.97. The molecule has 2 aromatic heterocycles. The van der Waals surface area contributed by atoms with E-state index >= 15 is 0 Å². The van der Waals surface area contributed by atoms with E-state index in [1.54, 1.807) is 0 Å². The van der Waals surface area contributed by atoms with Crippen LogP contribution < -0.4 is 0 Å². The molecule has 47 valence electrons. The average molecular weight is 132 g/mol. The number of rotatable bonds is 0. The summed E-state index contributed by atoms with van der Waals surface area (Å²) in [6.07, 6.45) is 5.28. The van der Waals surface area contributed by atoms with Gasteiger partial charge in [-0.2, -0.15) is 0 Å². The van der Waals surface area contributed by atoms with Crippen molar-refractivity contribution >= 4 is 11.2 Å². The third kappa shape index (κ3) is 0.680. The van der Waals surface area contributed by atoms with E-state index < -0.39 is 0 Å². The zero-order valence-electron chi connectivity index (χ0n) is 4.89. The minimum absolute atomic E-state index is 0.470. The number of hydrogen-bond acceptors (Lipinski definition) is 5. The van der Waals surface area contributed by atoms with E-state index in [1.807, 2.05) is 0 Å². The molecule has 0 saturated heterocycles. The van der Waals surface area contributed by atoms with Crippen molar-refractivity contribution in [3.05, 3.63) is 18.9 Å². The summed E-state index contributed by atoms with van der Waals surface area (Å²) in [6.45, 7) is 0. The van der Waals surface area contributed by atoms with E-state index in [4.69, 9.17) is 0 Å². The topological polar surface area (TPSA) is 64.5 Å². The Hall–Kier alpha value is -1.65. The molecule has 0 N–H and O–H groups in total. The second-order valence-electron chi connectivity index (χ2n) is 1.64. The van der Waals surface area contributed by atoms with Crippen LogP contribution in [0.4, 0.5) is 0 Å². The van der Waals surface area contributed by atoms with Crippen LogP contribution >= 0.6 is 0 Å². The van der Waals surface area contributed by atoms with Gasteiger partial charge in [0.2, 0.25) is 5.65 Å². The molecule has 0 aliphatic carbocycles. The van der Waals surface area contributed by atoms with Crippen molar-refractivity contribution in [2.75, 3.05) is 0 Å². The van der Waals surface area contributed by atoms with Crippen molar-refractivity contribution in [2.45, 2.75) is 0 Å². The van der Waals surface area contributed by atoms with Gasteiger partial charge >= 0.3 is 0 Å². The zero-order valence-corrected chi connectivity index (χ0v) is 4.89. The van der Waals surface area contributed by atoms with Gasteiger partial charge in [-0.05, 0) is 0 Å². The average Bonchev–Trinajstić information content (AvgIpc) is 2.05. The summed E-state index contributed by atoms with van der Waals surface area (Å²) in [5, 5.41) is 7.23. The fourth-order valence-electron chi connectivity index (χ4n) is 0.614. The van der Waals surface area contributed by atoms with Gasteiger partial charge in [-0.15, -0.1) is 10.2 Å². The molecule has 2 heterocycles. The van der Waals surface area contributed by atoms with Crippen LogP contribution in [0.15, 0.2) is 12.5 Å². The number of nitrogens with zero attached hydrogens (tertiary/aromatic N) is 5. The highest BCUT2D eigenvalue weighted by Crippen LogP contribution is 1.96. The first-order valence-corrected chi connectivity index (χ1v) is 2.63. The van der Waals surface area contributed by atoms with E-state index in [0.29, 0.717) is 11.2 Å². The summed E-state index contributed by atoms with van der Waals surface area (Å²) < 4.78 is 0.